The minimum Gasteiger partial charge on any atom is -0.224 e. The maximum absolute atomic E-state index is 11.7. The number of hydrogen-bond acceptors (Lipinski definition) is 2. The van der Waals surface area contributed by atoms with Crippen LogP contribution in [0.2, 0.25) is 0 Å². The number of halogens is 1. The molecule has 2 atom stereocenters. The van der Waals surface area contributed by atoms with Crippen LogP contribution in [0.3, 0.4) is 0 Å². The van der Waals surface area contributed by atoms with Crippen molar-refractivity contribution in [3.8, 4) is 0 Å². The van der Waals surface area contributed by atoms with Gasteiger partial charge in [-0.1, -0.05) is 55.8 Å². The lowest BCUT2D eigenvalue weighted by Gasteiger charge is -2.24. The van der Waals surface area contributed by atoms with Crippen LogP contribution in [0.1, 0.15) is 39.2 Å². The largest absolute Gasteiger partial charge is 0.224 e. The van der Waals surface area contributed by atoms with E-state index in [0.717, 1.165) is 0 Å². The molecule has 18 heavy (non-hydrogen) atoms. The Bertz CT molecular complexity index is 467. The average molecular weight is 333 g/mol. The molecular formula is C14H21BrO2S. The van der Waals surface area contributed by atoms with Crippen molar-refractivity contribution < 1.29 is 8.42 Å². The lowest BCUT2D eigenvalue weighted by atomic mass is 9.86. The highest BCUT2D eigenvalue weighted by Gasteiger charge is 2.21. The third-order valence-electron chi connectivity index (χ3n) is 3.22. The van der Waals surface area contributed by atoms with Gasteiger partial charge in [0.25, 0.3) is 0 Å². The van der Waals surface area contributed by atoms with E-state index in [4.69, 9.17) is 0 Å². The number of benzene rings is 1. The van der Waals surface area contributed by atoms with Crippen LogP contribution < -0.4 is 0 Å². The van der Waals surface area contributed by atoms with Crippen LogP contribution in [0.25, 0.3) is 0 Å². The first kappa shape index (κ1) is 15.7. The van der Waals surface area contributed by atoms with Crippen molar-refractivity contribution in [2.45, 2.75) is 43.3 Å². The Morgan fingerprint density at radius 2 is 1.61 bits per heavy atom. The second-order valence-electron chi connectivity index (χ2n) is 4.92. The monoisotopic (exact) mass is 332 g/mol. The van der Waals surface area contributed by atoms with Gasteiger partial charge in [0.05, 0.1) is 10.6 Å². The molecule has 0 amide bonds. The molecule has 0 saturated carbocycles. The topological polar surface area (TPSA) is 34.1 Å². The standard InChI is InChI=1S/C14H21BrO2S/c1-5-18(16,17)13-8-6-12(7-9-13)14(10(2)3)11(4)15/h6-11,14H,5H2,1-4H3. The first-order chi connectivity index (χ1) is 8.29. The van der Waals surface area contributed by atoms with Crippen LogP contribution in [0.4, 0.5) is 0 Å². The summed E-state index contributed by atoms with van der Waals surface area (Å²) in [5, 5.41) is 0. The highest BCUT2D eigenvalue weighted by molar-refractivity contribution is 9.09. The van der Waals surface area contributed by atoms with Crippen molar-refractivity contribution >= 4 is 25.8 Å². The highest BCUT2D eigenvalue weighted by Crippen LogP contribution is 2.32. The number of sulfone groups is 1. The summed E-state index contributed by atoms with van der Waals surface area (Å²) in [4.78, 5) is 0.782. The molecule has 1 rings (SSSR count). The summed E-state index contributed by atoms with van der Waals surface area (Å²) >= 11 is 3.63. The molecule has 4 heteroatoms. The third-order valence-corrected chi connectivity index (χ3v) is 5.54. The summed E-state index contributed by atoms with van der Waals surface area (Å²) in [5.41, 5.74) is 1.18. The predicted octanol–water partition coefficient (Wildman–Crippen LogP) is 4.00. The zero-order valence-electron chi connectivity index (χ0n) is 11.4. The van der Waals surface area contributed by atoms with Gasteiger partial charge in [0.15, 0.2) is 9.84 Å². The maximum atomic E-state index is 11.7. The van der Waals surface area contributed by atoms with Crippen LogP contribution in [0.5, 0.6) is 0 Å². The fourth-order valence-corrected chi connectivity index (χ4v) is 4.04. The Labute approximate surface area is 119 Å². The van der Waals surface area contributed by atoms with Gasteiger partial charge in [0, 0.05) is 4.83 Å². The van der Waals surface area contributed by atoms with Crippen LogP contribution >= 0.6 is 15.9 Å². The zero-order valence-corrected chi connectivity index (χ0v) is 13.8. The summed E-state index contributed by atoms with van der Waals surface area (Å²) in [6.07, 6.45) is 0. The molecule has 2 nitrogen and oxygen atoms in total. The minimum atomic E-state index is -3.09. The lowest BCUT2D eigenvalue weighted by molar-refractivity contribution is 0.498. The molecule has 0 N–H and O–H groups in total. The van der Waals surface area contributed by atoms with Crippen molar-refractivity contribution in [1.29, 1.82) is 0 Å². The van der Waals surface area contributed by atoms with Crippen LogP contribution in [-0.2, 0) is 9.84 Å². The lowest BCUT2D eigenvalue weighted by Crippen LogP contribution is -2.15. The van der Waals surface area contributed by atoms with Crippen molar-refractivity contribution in [1.82, 2.24) is 0 Å². The van der Waals surface area contributed by atoms with Gasteiger partial charge in [-0.25, -0.2) is 8.42 Å². The number of rotatable bonds is 5. The Kier molecular flexibility index (Phi) is 5.41. The smallest absolute Gasteiger partial charge is 0.178 e. The number of hydrogen-bond donors (Lipinski definition) is 0. The molecule has 0 aromatic heterocycles. The summed E-state index contributed by atoms with van der Waals surface area (Å²) in [6, 6.07) is 7.31. The predicted molar refractivity (Wildman–Crippen MR) is 80.1 cm³/mol. The van der Waals surface area contributed by atoms with Gasteiger partial charge >= 0.3 is 0 Å². The van der Waals surface area contributed by atoms with Crippen molar-refractivity contribution in [3.05, 3.63) is 29.8 Å². The van der Waals surface area contributed by atoms with E-state index < -0.39 is 9.84 Å². The fraction of sp³-hybridized carbons (Fsp3) is 0.571. The maximum Gasteiger partial charge on any atom is 0.178 e. The first-order valence-corrected chi connectivity index (χ1v) is 8.83. The summed E-state index contributed by atoms with van der Waals surface area (Å²) in [5.74, 6) is 1.05. The summed E-state index contributed by atoms with van der Waals surface area (Å²) < 4.78 is 23.5. The van der Waals surface area contributed by atoms with Gasteiger partial charge in [0.1, 0.15) is 0 Å². The molecule has 0 bridgehead atoms. The first-order valence-electron chi connectivity index (χ1n) is 6.26. The molecule has 0 saturated heterocycles. The minimum absolute atomic E-state index is 0.148. The molecule has 0 radical (unpaired) electrons. The van der Waals surface area contributed by atoms with E-state index in [0.29, 0.717) is 21.6 Å². The van der Waals surface area contributed by atoms with E-state index in [2.05, 4.69) is 36.7 Å². The summed E-state index contributed by atoms with van der Waals surface area (Å²) in [7, 11) is -3.09. The quantitative estimate of drug-likeness (QED) is 0.763. The van der Waals surface area contributed by atoms with Gasteiger partial charge in [0.2, 0.25) is 0 Å². The molecule has 0 aliphatic rings. The molecule has 0 aliphatic heterocycles. The van der Waals surface area contributed by atoms with Crippen molar-refractivity contribution in [2.24, 2.45) is 5.92 Å². The van der Waals surface area contributed by atoms with Crippen LogP contribution in [0.15, 0.2) is 29.2 Å². The molecular weight excluding hydrogens is 312 g/mol. The van der Waals surface area contributed by atoms with Crippen LogP contribution in [-0.4, -0.2) is 19.0 Å². The third kappa shape index (κ3) is 3.58. The van der Waals surface area contributed by atoms with Crippen molar-refractivity contribution in [3.63, 3.8) is 0 Å². The van der Waals surface area contributed by atoms with Gasteiger partial charge < -0.3 is 0 Å². The Balaban J connectivity index is 3.09. The van der Waals surface area contributed by atoms with Crippen molar-refractivity contribution in [2.75, 3.05) is 5.75 Å². The molecule has 0 aliphatic carbocycles. The van der Waals surface area contributed by atoms with Crippen LogP contribution in [0, 0.1) is 5.92 Å². The summed E-state index contributed by atoms with van der Waals surface area (Å²) in [6.45, 7) is 8.15. The highest BCUT2D eigenvalue weighted by atomic mass is 79.9. The molecule has 0 fully saturated rings. The van der Waals surface area contributed by atoms with Gasteiger partial charge in [-0.05, 0) is 29.5 Å². The number of alkyl halides is 1. The van der Waals surface area contributed by atoms with E-state index >= 15 is 0 Å². The second kappa shape index (κ2) is 6.20. The Morgan fingerprint density at radius 3 is 1.94 bits per heavy atom. The average Bonchev–Trinajstić information content (AvgIpc) is 2.29. The van der Waals surface area contributed by atoms with E-state index in [9.17, 15) is 8.42 Å². The Hall–Kier alpha value is -0.350. The van der Waals surface area contributed by atoms with Gasteiger partial charge in [-0.2, -0.15) is 0 Å². The van der Waals surface area contributed by atoms with Gasteiger partial charge in [-0.3, -0.25) is 0 Å². The molecule has 0 spiro atoms. The van der Waals surface area contributed by atoms with E-state index in [1.54, 1.807) is 19.1 Å². The SMILES string of the molecule is CCS(=O)(=O)c1ccc(C(C(C)C)C(C)Br)cc1. The Morgan fingerprint density at radius 1 is 1.11 bits per heavy atom. The van der Waals surface area contributed by atoms with E-state index in [-0.39, 0.29) is 5.75 Å². The molecule has 1 aromatic rings. The molecule has 1 aromatic carbocycles. The molecule has 102 valence electrons. The van der Waals surface area contributed by atoms with E-state index in [1.165, 1.54) is 5.56 Å². The fourth-order valence-electron chi connectivity index (χ4n) is 2.24. The normalized spacial score (nSPS) is 15.7. The van der Waals surface area contributed by atoms with Gasteiger partial charge in [-0.15, -0.1) is 0 Å². The second-order valence-corrected chi connectivity index (χ2v) is 8.64. The van der Waals surface area contributed by atoms with E-state index in [1.807, 2.05) is 12.1 Å². The molecule has 0 heterocycles. The molecule has 2 unspecified atom stereocenters. The zero-order chi connectivity index (χ0) is 13.9.